The fourth-order valence-electron chi connectivity index (χ4n) is 3.38. The van der Waals surface area contributed by atoms with Crippen LogP contribution < -0.4 is 5.73 Å². The Hall–Kier alpha value is 0.820. The fraction of sp³-hybridized carbons (Fsp3) is 1.00. The van der Waals surface area contributed by atoms with Crippen molar-refractivity contribution < 1.29 is 0 Å². The van der Waals surface area contributed by atoms with Crippen LogP contribution in [0, 0.1) is 0 Å². The van der Waals surface area contributed by atoms with Gasteiger partial charge in [-0.2, -0.15) is 0 Å². The number of hydrogen-bond acceptors (Lipinski definition) is 1. The molecule has 16 heavy (non-hydrogen) atoms. The summed E-state index contributed by atoms with van der Waals surface area (Å²) in [6.07, 6.45) is 8.70. The Labute approximate surface area is 103 Å². The van der Waals surface area contributed by atoms with E-state index in [2.05, 4.69) is 20.8 Å². The average Bonchev–Trinajstić information content (AvgIpc) is 2.72. The van der Waals surface area contributed by atoms with Gasteiger partial charge in [-0.25, -0.2) is 0 Å². The van der Waals surface area contributed by atoms with Crippen molar-refractivity contribution in [2.45, 2.75) is 69.2 Å². The molecule has 2 aliphatic rings. The van der Waals surface area contributed by atoms with Gasteiger partial charge in [0.25, 0.3) is 0 Å². The van der Waals surface area contributed by atoms with E-state index in [9.17, 15) is 0 Å². The third-order valence-corrected chi connectivity index (χ3v) is 11.7. The summed E-state index contributed by atoms with van der Waals surface area (Å²) in [5, 5.41) is 0. The lowest BCUT2D eigenvalue weighted by atomic mass is 10.2. The highest BCUT2D eigenvalue weighted by atomic mass is 31.1. The maximum atomic E-state index is 6.26. The molecule has 0 bridgehead atoms. The number of hydrogen-bond donors (Lipinski definition) is 1. The Kier molecular flexibility index (Phi) is 4.67. The molecule has 2 N–H and O–H groups in total. The minimum Gasteiger partial charge on any atom is -0.324 e. The van der Waals surface area contributed by atoms with E-state index in [4.69, 9.17) is 5.73 Å². The summed E-state index contributed by atoms with van der Waals surface area (Å²) in [6.45, 7) is 7.41. The summed E-state index contributed by atoms with van der Waals surface area (Å²) < 4.78 is 0. The molecule has 2 aliphatic heterocycles. The van der Waals surface area contributed by atoms with E-state index in [1.807, 2.05) is 0 Å². The number of rotatable bonds is 3. The lowest BCUT2D eigenvalue weighted by Crippen LogP contribution is -2.17. The first kappa shape index (κ1) is 13.3. The highest BCUT2D eigenvalue weighted by Crippen LogP contribution is 2.60. The maximum absolute atomic E-state index is 6.26. The van der Waals surface area contributed by atoms with Gasteiger partial charge in [0.05, 0.1) is 0 Å². The molecule has 3 heteroatoms. The second kappa shape index (κ2) is 5.64. The highest BCUT2D eigenvalue weighted by Gasteiger charge is 2.33. The molecular weight excluding hydrogens is 232 g/mol. The first-order chi connectivity index (χ1) is 7.59. The monoisotopic (exact) mass is 259 g/mol. The van der Waals surface area contributed by atoms with Gasteiger partial charge in [-0.3, -0.25) is 0 Å². The Morgan fingerprint density at radius 2 is 1.25 bits per heavy atom. The van der Waals surface area contributed by atoms with Crippen molar-refractivity contribution in [3.63, 3.8) is 0 Å². The van der Waals surface area contributed by atoms with Crippen molar-refractivity contribution in [3.05, 3.63) is 0 Å². The topological polar surface area (TPSA) is 26.0 Å². The molecule has 0 aromatic heterocycles. The molecule has 1 nitrogen and oxygen atoms in total. The molecule has 0 saturated carbocycles. The molecule has 0 spiro atoms. The minimum atomic E-state index is 0.172. The Balaban J connectivity index is 1.82. The average molecular weight is 259 g/mol. The molecule has 5 atom stereocenters. The summed E-state index contributed by atoms with van der Waals surface area (Å²) in [5.74, 6) is 0.577. The normalized spacial score (nSPS) is 45.4. The molecular formula is C13H27NP2. The molecule has 2 saturated heterocycles. The van der Waals surface area contributed by atoms with Gasteiger partial charge in [0, 0.05) is 5.78 Å². The maximum Gasteiger partial charge on any atom is 0.0245 e. The van der Waals surface area contributed by atoms with Gasteiger partial charge in [0.2, 0.25) is 0 Å². The summed E-state index contributed by atoms with van der Waals surface area (Å²) in [6, 6.07) is 0. The summed E-state index contributed by atoms with van der Waals surface area (Å²) >= 11 is 0. The van der Waals surface area contributed by atoms with E-state index < -0.39 is 0 Å². The van der Waals surface area contributed by atoms with E-state index in [-0.39, 0.29) is 7.92 Å². The lowest BCUT2D eigenvalue weighted by Gasteiger charge is -2.26. The van der Waals surface area contributed by atoms with Gasteiger partial charge in [-0.1, -0.05) is 28.7 Å². The standard InChI is InChI=1S/C13H27NP2/c1-10-4-5-11(2)15(10)8-9-16-12(3)6-7-13(16)14/h10-13H,4-9,14H2,1-3H3/t10-,11-,12-,13+,16?/m1/s1. The predicted molar refractivity (Wildman–Crippen MR) is 78.4 cm³/mol. The van der Waals surface area contributed by atoms with Gasteiger partial charge >= 0.3 is 0 Å². The second-order valence-electron chi connectivity index (χ2n) is 5.74. The van der Waals surface area contributed by atoms with Crippen LogP contribution in [-0.4, -0.2) is 35.1 Å². The highest BCUT2D eigenvalue weighted by molar-refractivity contribution is 7.63. The molecule has 0 aliphatic carbocycles. The van der Waals surface area contributed by atoms with Gasteiger partial charge in [0.1, 0.15) is 0 Å². The van der Waals surface area contributed by atoms with Gasteiger partial charge < -0.3 is 5.73 Å². The van der Waals surface area contributed by atoms with E-state index in [0.29, 0.717) is 13.7 Å². The zero-order valence-corrected chi connectivity index (χ0v) is 12.8. The Morgan fingerprint density at radius 3 is 1.75 bits per heavy atom. The molecule has 94 valence electrons. The van der Waals surface area contributed by atoms with Crippen molar-refractivity contribution >= 4 is 15.8 Å². The molecule has 2 fully saturated rings. The van der Waals surface area contributed by atoms with Gasteiger partial charge in [-0.15, -0.1) is 7.92 Å². The SMILES string of the molecule is C[C@@H]1CC[C@@H](C)P1CCP1[C@H](C)CC[C@H]1N. The van der Waals surface area contributed by atoms with E-state index in [0.717, 1.165) is 17.0 Å². The largest absolute Gasteiger partial charge is 0.324 e. The van der Waals surface area contributed by atoms with Crippen LogP contribution in [0.5, 0.6) is 0 Å². The minimum absolute atomic E-state index is 0.172. The zero-order valence-electron chi connectivity index (χ0n) is 11.0. The van der Waals surface area contributed by atoms with Crippen molar-refractivity contribution in [2.75, 3.05) is 12.3 Å². The van der Waals surface area contributed by atoms with Crippen LogP contribution in [0.4, 0.5) is 0 Å². The van der Waals surface area contributed by atoms with Crippen LogP contribution in [0.15, 0.2) is 0 Å². The van der Waals surface area contributed by atoms with Crippen LogP contribution in [0.2, 0.25) is 0 Å². The van der Waals surface area contributed by atoms with Crippen molar-refractivity contribution in [2.24, 2.45) is 5.73 Å². The molecule has 0 aromatic carbocycles. The van der Waals surface area contributed by atoms with Crippen molar-refractivity contribution in [1.82, 2.24) is 0 Å². The third-order valence-electron chi connectivity index (χ3n) is 4.62. The van der Waals surface area contributed by atoms with Crippen LogP contribution in [0.3, 0.4) is 0 Å². The second-order valence-corrected chi connectivity index (χ2v) is 12.0. The quantitative estimate of drug-likeness (QED) is 0.762. The molecule has 0 aromatic rings. The molecule has 1 unspecified atom stereocenters. The van der Waals surface area contributed by atoms with Crippen LogP contribution in [0.1, 0.15) is 46.5 Å². The zero-order chi connectivity index (χ0) is 11.7. The lowest BCUT2D eigenvalue weighted by molar-refractivity contribution is 0.761. The molecule has 0 radical (unpaired) electrons. The van der Waals surface area contributed by atoms with Gasteiger partial charge in [-0.05, 0) is 55.0 Å². The first-order valence-electron chi connectivity index (χ1n) is 6.86. The Bertz CT molecular complexity index is 190. The predicted octanol–water partition coefficient (Wildman–Crippen LogP) is 3.99. The molecule has 2 heterocycles. The van der Waals surface area contributed by atoms with Gasteiger partial charge in [0.15, 0.2) is 0 Å². The Morgan fingerprint density at radius 1 is 0.812 bits per heavy atom. The van der Waals surface area contributed by atoms with Crippen LogP contribution in [-0.2, 0) is 0 Å². The summed E-state index contributed by atoms with van der Waals surface area (Å²) in [4.78, 5) is 0. The number of nitrogens with two attached hydrogens (primary N) is 1. The van der Waals surface area contributed by atoms with Crippen LogP contribution in [0.25, 0.3) is 0 Å². The first-order valence-corrected chi connectivity index (χ1v) is 10.2. The smallest absolute Gasteiger partial charge is 0.0245 e. The van der Waals surface area contributed by atoms with Crippen molar-refractivity contribution in [1.29, 1.82) is 0 Å². The summed E-state index contributed by atoms with van der Waals surface area (Å²) in [7, 11) is 0.511. The van der Waals surface area contributed by atoms with Crippen molar-refractivity contribution in [3.8, 4) is 0 Å². The molecule has 0 amide bonds. The van der Waals surface area contributed by atoms with E-state index in [1.165, 1.54) is 38.0 Å². The van der Waals surface area contributed by atoms with Crippen LogP contribution >= 0.6 is 15.8 Å². The molecule has 2 rings (SSSR count). The summed E-state index contributed by atoms with van der Waals surface area (Å²) in [5.41, 5.74) is 9.28. The van der Waals surface area contributed by atoms with E-state index in [1.54, 1.807) is 0 Å². The third kappa shape index (κ3) is 2.80. The fourth-order valence-corrected chi connectivity index (χ4v) is 10.3. The van der Waals surface area contributed by atoms with E-state index >= 15 is 0 Å².